The van der Waals surface area contributed by atoms with Crippen LogP contribution in [0.2, 0.25) is 0 Å². The predicted molar refractivity (Wildman–Crippen MR) is 93.4 cm³/mol. The quantitative estimate of drug-likeness (QED) is 0.839. The largest absolute Gasteiger partial charge is 0.493 e. The fourth-order valence-electron chi connectivity index (χ4n) is 3.35. The van der Waals surface area contributed by atoms with Gasteiger partial charge in [0.1, 0.15) is 11.5 Å². The summed E-state index contributed by atoms with van der Waals surface area (Å²) in [5.74, 6) is 2.31. The SMILES string of the molecule is CCn1c(C2CCNCC2)nn(Cc2nccc(OC)c2OC)c1=O. The van der Waals surface area contributed by atoms with Crippen LogP contribution in [0.1, 0.15) is 37.2 Å². The zero-order valence-electron chi connectivity index (χ0n) is 15.0. The van der Waals surface area contributed by atoms with E-state index in [4.69, 9.17) is 9.47 Å². The molecule has 0 saturated carbocycles. The summed E-state index contributed by atoms with van der Waals surface area (Å²) in [7, 11) is 3.14. The van der Waals surface area contributed by atoms with Crippen LogP contribution >= 0.6 is 0 Å². The first-order valence-electron chi connectivity index (χ1n) is 8.63. The van der Waals surface area contributed by atoms with E-state index in [2.05, 4.69) is 15.4 Å². The van der Waals surface area contributed by atoms with Crippen LogP contribution in [-0.2, 0) is 13.1 Å². The second kappa shape index (κ2) is 7.69. The lowest BCUT2D eigenvalue weighted by Gasteiger charge is -2.21. The van der Waals surface area contributed by atoms with Crippen molar-refractivity contribution in [3.63, 3.8) is 0 Å². The van der Waals surface area contributed by atoms with Gasteiger partial charge in [-0.05, 0) is 32.9 Å². The fourth-order valence-corrected chi connectivity index (χ4v) is 3.35. The molecule has 1 aliphatic heterocycles. The standard InChI is InChI=1S/C17H25N5O3/c1-4-21-16(12-5-8-18-9-6-12)20-22(17(21)23)11-13-15(25-3)14(24-2)7-10-19-13/h7,10,12,18H,4-6,8-9,11H2,1-3H3. The smallest absolute Gasteiger partial charge is 0.346 e. The van der Waals surface area contributed by atoms with Crippen LogP contribution < -0.4 is 20.5 Å². The molecule has 0 unspecified atom stereocenters. The van der Waals surface area contributed by atoms with E-state index in [1.54, 1.807) is 31.0 Å². The van der Waals surface area contributed by atoms with Crippen molar-refractivity contribution < 1.29 is 9.47 Å². The molecule has 0 atom stereocenters. The third-order valence-corrected chi connectivity index (χ3v) is 4.64. The van der Waals surface area contributed by atoms with Crippen molar-refractivity contribution in [1.29, 1.82) is 0 Å². The number of aromatic nitrogens is 4. The van der Waals surface area contributed by atoms with E-state index in [1.807, 2.05) is 6.92 Å². The molecule has 0 radical (unpaired) electrons. The number of rotatable bonds is 6. The van der Waals surface area contributed by atoms with Gasteiger partial charge in [0.15, 0.2) is 11.5 Å². The minimum atomic E-state index is -0.109. The molecule has 2 aromatic rings. The minimum absolute atomic E-state index is 0.109. The van der Waals surface area contributed by atoms with Crippen molar-refractivity contribution in [2.45, 2.75) is 38.8 Å². The van der Waals surface area contributed by atoms with Gasteiger partial charge >= 0.3 is 5.69 Å². The van der Waals surface area contributed by atoms with Gasteiger partial charge in [-0.3, -0.25) is 9.55 Å². The fraction of sp³-hybridized carbons (Fsp3) is 0.588. The number of hydrogen-bond acceptors (Lipinski definition) is 6. The lowest BCUT2D eigenvalue weighted by Crippen LogP contribution is -2.29. The van der Waals surface area contributed by atoms with Crippen molar-refractivity contribution in [3.8, 4) is 11.5 Å². The molecular weight excluding hydrogens is 322 g/mol. The molecule has 1 saturated heterocycles. The Bertz CT molecular complexity index is 777. The van der Waals surface area contributed by atoms with E-state index in [9.17, 15) is 4.79 Å². The molecule has 0 amide bonds. The normalized spacial score (nSPS) is 15.3. The zero-order valence-corrected chi connectivity index (χ0v) is 15.0. The molecule has 1 aliphatic rings. The molecule has 136 valence electrons. The molecule has 8 heteroatoms. The zero-order chi connectivity index (χ0) is 17.8. The third-order valence-electron chi connectivity index (χ3n) is 4.64. The summed E-state index contributed by atoms with van der Waals surface area (Å²) in [6.45, 7) is 4.76. The van der Waals surface area contributed by atoms with Gasteiger partial charge in [0.2, 0.25) is 0 Å². The van der Waals surface area contributed by atoms with Gasteiger partial charge in [-0.15, -0.1) is 0 Å². The molecule has 25 heavy (non-hydrogen) atoms. The predicted octanol–water partition coefficient (Wildman–Crippen LogP) is 0.992. The van der Waals surface area contributed by atoms with Crippen molar-refractivity contribution >= 4 is 0 Å². The Hall–Kier alpha value is -2.35. The molecule has 3 rings (SSSR count). The number of hydrogen-bond donors (Lipinski definition) is 1. The third kappa shape index (κ3) is 3.39. The van der Waals surface area contributed by atoms with E-state index in [0.717, 1.165) is 31.8 Å². The highest BCUT2D eigenvalue weighted by atomic mass is 16.5. The second-order valence-electron chi connectivity index (χ2n) is 6.06. The summed E-state index contributed by atoms with van der Waals surface area (Å²) in [4.78, 5) is 17.1. The van der Waals surface area contributed by atoms with Crippen molar-refractivity contribution in [3.05, 3.63) is 34.3 Å². The van der Waals surface area contributed by atoms with Gasteiger partial charge in [0, 0.05) is 24.7 Å². The van der Waals surface area contributed by atoms with Gasteiger partial charge in [-0.1, -0.05) is 0 Å². The van der Waals surface area contributed by atoms with Crippen LogP contribution in [0.15, 0.2) is 17.1 Å². The van der Waals surface area contributed by atoms with E-state index >= 15 is 0 Å². The molecule has 0 aromatic carbocycles. The molecule has 3 heterocycles. The average molecular weight is 347 g/mol. The van der Waals surface area contributed by atoms with E-state index in [1.165, 1.54) is 4.68 Å². The Kier molecular flexibility index (Phi) is 5.37. The van der Waals surface area contributed by atoms with Gasteiger partial charge in [0.05, 0.1) is 20.8 Å². The number of nitrogens with one attached hydrogen (secondary N) is 1. The summed E-state index contributed by atoms with van der Waals surface area (Å²) in [6.07, 6.45) is 3.64. The summed E-state index contributed by atoms with van der Waals surface area (Å²) >= 11 is 0. The molecule has 0 bridgehead atoms. The maximum atomic E-state index is 12.8. The number of ether oxygens (including phenoxy) is 2. The van der Waals surface area contributed by atoms with Crippen LogP contribution in [0.25, 0.3) is 0 Å². The summed E-state index contributed by atoms with van der Waals surface area (Å²) in [6, 6.07) is 1.73. The first-order chi connectivity index (χ1) is 12.2. The van der Waals surface area contributed by atoms with Crippen LogP contribution in [-0.4, -0.2) is 46.6 Å². The second-order valence-corrected chi connectivity index (χ2v) is 6.06. The topological polar surface area (TPSA) is 83.2 Å². The summed E-state index contributed by atoms with van der Waals surface area (Å²) in [5, 5.41) is 7.98. The first kappa shape index (κ1) is 17.5. The maximum absolute atomic E-state index is 12.8. The minimum Gasteiger partial charge on any atom is -0.493 e. The van der Waals surface area contributed by atoms with Gasteiger partial charge < -0.3 is 14.8 Å². The Morgan fingerprint density at radius 1 is 1.28 bits per heavy atom. The highest BCUT2D eigenvalue weighted by molar-refractivity contribution is 5.42. The van der Waals surface area contributed by atoms with Crippen molar-refractivity contribution in [1.82, 2.24) is 24.6 Å². The number of nitrogens with zero attached hydrogens (tertiary/aromatic N) is 4. The highest BCUT2D eigenvalue weighted by Crippen LogP contribution is 2.29. The molecule has 8 nitrogen and oxygen atoms in total. The van der Waals surface area contributed by atoms with Crippen LogP contribution in [0, 0.1) is 0 Å². The molecule has 0 spiro atoms. The number of piperidine rings is 1. The summed E-state index contributed by atoms with van der Waals surface area (Å²) in [5.41, 5.74) is 0.518. The molecule has 2 aromatic heterocycles. The van der Waals surface area contributed by atoms with E-state index in [0.29, 0.717) is 29.7 Å². The maximum Gasteiger partial charge on any atom is 0.346 e. The van der Waals surface area contributed by atoms with Crippen molar-refractivity contribution in [2.24, 2.45) is 0 Å². The Morgan fingerprint density at radius 2 is 2.04 bits per heavy atom. The lowest BCUT2D eigenvalue weighted by molar-refractivity contribution is 0.347. The van der Waals surface area contributed by atoms with E-state index in [-0.39, 0.29) is 12.2 Å². The lowest BCUT2D eigenvalue weighted by atomic mass is 9.97. The highest BCUT2D eigenvalue weighted by Gasteiger charge is 2.24. The van der Waals surface area contributed by atoms with Crippen LogP contribution in [0.3, 0.4) is 0 Å². The molecule has 0 aliphatic carbocycles. The Labute approximate surface area is 146 Å². The van der Waals surface area contributed by atoms with Gasteiger partial charge in [-0.2, -0.15) is 5.10 Å². The number of methoxy groups -OCH3 is 2. The Morgan fingerprint density at radius 3 is 2.68 bits per heavy atom. The monoisotopic (exact) mass is 347 g/mol. The first-order valence-corrected chi connectivity index (χ1v) is 8.63. The van der Waals surface area contributed by atoms with Crippen LogP contribution in [0.4, 0.5) is 0 Å². The van der Waals surface area contributed by atoms with Gasteiger partial charge in [-0.25, -0.2) is 9.48 Å². The molecular formula is C17H25N5O3. The average Bonchev–Trinajstić information content (AvgIpc) is 2.97. The van der Waals surface area contributed by atoms with Gasteiger partial charge in [0.25, 0.3) is 0 Å². The van der Waals surface area contributed by atoms with Crippen molar-refractivity contribution in [2.75, 3.05) is 27.3 Å². The van der Waals surface area contributed by atoms with E-state index < -0.39 is 0 Å². The molecule has 1 N–H and O–H groups in total. The number of pyridine rings is 1. The molecule has 1 fully saturated rings. The van der Waals surface area contributed by atoms with Crippen LogP contribution in [0.5, 0.6) is 11.5 Å². The Balaban J connectivity index is 1.96. The summed E-state index contributed by atoms with van der Waals surface area (Å²) < 4.78 is 14.0.